The van der Waals surface area contributed by atoms with E-state index in [1.807, 2.05) is 6.92 Å². The van der Waals surface area contributed by atoms with E-state index in [0.29, 0.717) is 25.3 Å². The average molecular weight is 292 g/mol. The fourth-order valence-electron chi connectivity index (χ4n) is 3.11. The third kappa shape index (κ3) is 3.45. The Kier molecular flexibility index (Phi) is 4.33. The summed E-state index contributed by atoms with van der Waals surface area (Å²) < 4.78 is 37.8. The average Bonchev–Trinajstić information content (AvgIpc) is 3.22. The van der Waals surface area contributed by atoms with Crippen LogP contribution in [0.15, 0.2) is 0 Å². The summed E-state index contributed by atoms with van der Waals surface area (Å²) in [6.45, 7) is 2.31. The predicted molar refractivity (Wildman–Crippen MR) is 69.8 cm³/mol. The van der Waals surface area contributed by atoms with Crippen LogP contribution in [0, 0.1) is 17.8 Å². The van der Waals surface area contributed by atoms with Crippen molar-refractivity contribution in [2.24, 2.45) is 23.5 Å². The first-order valence-corrected chi connectivity index (χ1v) is 7.35. The van der Waals surface area contributed by atoms with Crippen molar-refractivity contribution in [1.82, 2.24) is 5.32 Å². The first-order chi connectivity index (χ1) is 9.26. The predicted octanol–water partition coefficient (Wildman–Crippen LogP) is 2.60. The molecule has 0 spiro atoms. The molecule has 2 aliphatic rings. The van der Waals surface area contributed by atoms with E-state index in [-0.39, 0.29) is 24.7 Å². The van der Waals surface area contributed by atoms with Crippen molar-refractivity contribution in [3.05, 3.63) is 0 Å². The second kappa shape index (κ2) is 5.54. The molecule has 2 aliphatic carbocycles. The highest BCUT2D eigenvalue weighted by Gasteiger charge is 2.45. The van der Waals surface area contributed by atoms with Crippen LogP contribution >= 0.6 is 0 Å². The maximum absolute atomic E-state index is 12.6. The second-order valence-electron chi connectivity index (χ2n) is 6.48. The summed E-state index contributed by atoms with van der Waals surface area (Å²) in [7, 11) is 0. The van der Waals surface area contributed by atoms with Gasteiger partial charge in [-0.2, -0.15) is 13.2 Å². The molecular formula is C14H23F3N2O. The number of carbonyl (C=O) groups excluding carboxylic acids is 1. The van der Waals surface area contributed by atoms with Crippen molar-refractivity contribution in [3.8, 4) is 0 Å². The molecule has 0 aromatic heterocycles. The zero-order valence-corrected chi connectivity index (χ0v) is 11.8. The number of nitrogens with two attached hydrogens (primary N) is 1. The van der Waals surface area contributed by atoms with Gasteiger partial charge in [-0.05, 0) is 51.4 Å². The highest BCUT2D eigenvalue weighted by molar-refractivity contribution is 5.79. The molecule has 0 radical (unpaired) electrons. The Morgan fingerprint density at radius 3 is 2.00 bits per heavy atom. The molecule has 2 rings (SSSR count). The van der Waals surface area contributed by atoms with Crippen LogP contribution in [0.5, 0.6) is 0 Å². The highest BCUT2D eigenvalue weighted by Crippen LogP contribution is 2.41. The van der Waals surface area contributed by atoms with Crippen molar-refractivity contribution in [3.63, 3.8) is 0 Å². The van der Waals surface area contributed by atoms with Crippen LogP contribution in [0.25, 0.3) is 0 Å². The lowest BCUT2D eigenvalue weighted by atomic mass is 9.80. The van der Waals surface area contributed by atoms with Gasteiger partial charge in [-0.25, -0.2) is 0 Å². The minimum Gasteiger partial charge on any atom is -0.349 e. The molecule has 3 nitrogen and oxygen atoms in total. The maximum Gasteiger partial charge on any atom is 0.391 e. The summed E-state index contributed by atoms with van der Waals surface area (Å²) in [5.41, 5.74) is 5.35. The van der Waals surface area contributed by atoms with Crippen LogP contribution in [0.3, 0.4) is 0 Å². The van der Waals surface area contributed by atoms with Crippen LogP contribution in [0.4, 0.5) is 13.2 Å². The van der Waals surface area contributed by atoms with Gasteiger partial charge >= 0.3 is 6.18 Å². The highest BCUT2D eigenvalue weighted by atomic mass is 19.4. The number of alkyl halides is 3. The van der Waals surface area contributed by atoms with Gasteiger partial charge in [0.2, 0.25) is 5.91 Å². The molecule has 0 saturated heterocycles. The Morgan fingerprint density at radius 2 is 1.60 bits per heavy atom. The van der Waals surface area contributed by atoms with Gasteiger partial charge in [0.15, 0.2) is 0 Å². The molecule has 1 unspecified atom stereocenters. The van der Waals surface area contributed by atoms with Gasteiger partial charge in [-0.15, -0.1) is 0 Å². The lowest BCUT2D eigenvalue weighted by Gasteiger charge is -2.34. The van der Waals surface area contributed by atoms with Gasteiger partial charge in [0.25, 0.3) is 0 Å². The van der Waals surface area contributed by atoms with E-state index < -0.39 is 17.6 Å². The van der Waals surface area contributed by atoms with E-state index in [0.717, 1.165) is 12.8 Å². The zero-order chi connectivity index (χ0) is 15.0. The van der Waals surface area contributed by atoms with Crippen molar-refractivity contribution in [2.75, 3.05) is 6.54 Å². The minimum atomic E-state index is -4.12. The van der Waals surface area contributed by atoms with Crippen LogP contribution in [0.1, 0.15) is 45.4 Å². The largest absolute Gasteiger partial charge is 0.391 e. The van der Waals surface area contributed by atoms with Gasteiger partial charge in [0.05, 0.1) is 11.5 Å². The number of hydrogen-bond donors (Lipinski definition) is 2. The van der Waals surface area contributed by atoms with Crippen molar-refractivity contribution in [1.29, 1.82) is 0 Å². The molecule has 20 heavy (non-hydrogen) atoms. The summed E-state index contributed by atoms with van der Waals surface area (Å²) in [5.74, 6) is -1.23. The number of amides is 1. The number of hydrogen-bond acceptors (Lipinski definition) is 2. The summed E-state index contributed by atoms with van der Waals surface area (Å²) in [5, 5.41) is 2.98. The fourth-order valence-corrected chi connectivity index (χ4v) is 3.11. The Hall–Kier alpha value is -0.780. The monoisotopic (exact) mass is 292 g/mol. The van der Waals surface area contributed by atoms with E-state index in [1.165, 1.54) is 0 Å². The summed E-state index contributed by atoms with van der Waals surface area (Å²) in [4.78, 5) is 12.2. The lowest BCUT2D eigenvalue weighted by molar-refractivity contribution is -0.184. The number of carbonyl (C=O) groups is 1. The molecular weight excluding hydrogens is 269 g/mol. The van der Waals surface area contributed by atoms with Crippen LogP contribution in [-0.2, 0) is 4.79 Å². The first kappa shape index (κ1) is 15.6. The Morgan fingerprint density at radius 1 is 1.10 bits per heavy atom. The van der Waals surface area contributed by atoms with Gasteiger partial charge in [-0.3, -0.25) is 4.79 Å². The van der Waals surface area contributed by atoms with Gasteiger partial charge < -0.3 is 11.1 Å². The van der Waals surface area contributed by atoms with Crippen molar-refractivity contribution >= 4 is 5.91 Å². The van der Waals surface area contributed by atoms with Crippen molar-refractivity contribution < 1.29 is 18.0 Å². The molecule has 2 fully saturated rings. The van der Waals surface area contributed by atoms with Crippen LogP contribution in [-0.4, -0.2) is 24.2 Å². The van der Waals surface area contributed by atoms with E-state index >= 15 is 0 Å². The molecule has 2 saturated carbocycles. The maximum atomic E-state index is 12.6. The zero-order valence-electron chi connectivity index (χ0n) is 11.8. The third-order valence-corrected chi connectivity index (χ3v) is 4.87. The standard InChI is InChI=1S/C14H23F3N2O/c1-13(8-18,10-6-7-10)19-12(20)9-2-4-11(5-3-9)14(15,16)17/h9-11H,2-8,18H2,1H3,(H,19,20). The van der Waals surface area contributed by atoms with Gasteiger partial charge in [0, 0.05) is 12.5 Å². The molecule has 0 aromatic carbocycles. The quantitative estimate of drug-likeness (QED) is 0.837. The molecule has 6 heteroatoms. The Balaban J connectivity index is 1.86. The topological polar surface area (TPSA) is 55.1 Å². The number of nitrogens with one attached hydrogen (secondary N) is 1. The number of halogens is 3. The molecule has 0 aromatic rings. The molecule has 116 valence electrons. The second-order valence-corrected chi connectivity index (χ2v) is 6.48. The summed E-state index contributed by atoms with van der Waals surface area (Å²) >= 11 is 0. The van der Waals surface area contributed by atoms with Crippen molar-refractivity contribution in [2.45, 2.75) is 57.2 Å². The Bertz CT molecular complexity index is 360. The van der Waals surface area contributed by atoms with Gasteiger partial charge in [-0.1, -0.05) is 0 Å². The SMILES string of the molecule is CC(CN)(NC(=O)C1CCC(C(F)(F)F)CC1)C1CC1. The molecule has 0 heterocycles. The molecule has 3 N–H and O–H groups in total. The van der Waals surface area contributed by atoms with Crippen LogP contribution < -0.4 is 11.1 Å². The van der Waals surface area contributed by atoms with E-state index in [1.54, 1.807) is 0 Å². The fraction of sp³-hybridized carbons (Fsp3) is 0.929. The number of rotatable bonds is 4. The van der Waals surface area contributed by atoms with Gasteiger partial charge in [0.1, 0.15) is 0 Å². The Labute approximate surface area is 117 Å². The first-order valence-electron chi connectivity index (χ1n) is 7.35. The molecule has 1 amide bonds. The third-order valence-electron chi connectivity index (χ3n) is 4.87. The molecule has 0 aliphatic heterocycles. The molecule has 1 atom stereocenters. The normalized spacial score (nSPS) is 30.6. The van der Waals surface area contributed by atoms with E-state index in [4.69, 9.17) is 5.73 Å². The molecule has 0 bridgehead atoms. The van der Waals surface area contributed by atoms with Crippen LogP contribution in [0.2, 0.25) is 0 Å². The summed E-state index contributed by atoms with van der Waals surface area (Å²) in [6.07, 6.45) is -1.23. The lowest BCUT2D eigenvalue weighted by Crippen LogP contribution is -2.55. The summed E-state index contributed by atoms with van der Waals surface area (Å²) in [6, 6.07) is 0. The van der Waals surface area contributed by atoms with E-state index in [2.05, 4.69) is 5.32 Å². The van der Waals surface area contributed by atoms with E-state index in [9.17, 15) is 18.0 Å². The minimum absolute atomic E-state index is 0.0599. The smallest absolute Gasteiger partial charge is 0.349 e.